The fraction of sp³-hybridized carbons (Fsp3) is 0.286. The summed E-state index contributed by atoms with van der Waals surface area (Å²) in [4.78, 5) is 3.61. The predicted molar refractivity (Wildman–Crippen MR) is 100 cm³/mol. The van der Waals surface area contributed by atoms with Gasteiger partial charge in [0.15, 0.2) is 0 Å². The van der Waals surface area contributed by atoms with Crippen LogP contribution < -0.4 is 10.2 Å². The molecule has 2 N–H and O–H groups in total. The standard InChI is InChI=1S/C21H21N3O/c1-12-3-10-18-17(11-12)15-8-9-16-19(23-24-21(16)20(15)22-18)13-4-6-14(25-2)7-5-13/h3-7,10-11,16,19,22-23H,8-9H2,1-2H3/t16-,19+/m0/s1. The van der Waals surface area contributed by atoms with Crippen LogP contribution in [0.15, 0.2) is 47.6 Å². The van der Waals surface area contributed by atoms with Gasteiger partial charge in [0.2, 0.25) is 0 Å². The molecule has 4 heteroatoms. The van der Waals surface area contributed by atoms with E-state index in [1.165, 1.54) is 39.0 Å². The smallest absolute Gasteiger partial charge is 0.118 e. The number of aryl methyl sites for hydroxylation is 2. The molecule has 2 heterocycles. The first-order chi connectivity index (χ1) is 12.2. The molecule has 1 aliphatic heterocycles. The summed E-state index contributed by atoms with van der Waals surface area (Å²) in [5.41, 5.74) is 11.0. The number of fused-ring (bicyclic) bond motifs is 5. The maximum atomic E-state index is 5.27. The molecule has 25 heavy (non-hydrogen) atoms. The van der Waals surface area contributed by atoms with E-state index in [0.29, 0.717) is 5.92 Å². The molecule has 0 amide bonds. The van der Waals surface area contributed by atoms with Crippen molar-refractivity contribution < 1.29 is 4.74 Å². The molecule has 2 aliphatic rings. The third kappa shape index (κ3) is 2.17. The summed E-state index contributed by atoms with van der Waals surface area (Å²) >= 11 is 0. The summed E-state index contributed by atoms with van der Waals surface area (Å²) < 4.78 is 5.27. The Hall–Kier alpha value is -2.75. The fourth-order valence-corrected chi connectivity index (χ4v) is 4.27. The summed E-state index contributed by atoms with van der Waals surface area (Å²) in [5, 5.41) is 6.07. The minimum atomic E-state index is 0.238. The quantitative estimate of drug-likeness (QED) is 0.743. The Labute approximate surface area is 146 Å². The van der Waals surface area contributed by atoms with Crippen LogP contribution >= 0.6 is 0 Å². The molecule has 0 fully saturated rings. The number of aromatic amines is 1. The van der Waals surface area contributed by atoms with Crippen LogP contribution in [0.5, 0.6) is 5.75 Å². The van der Waals surface area contributed by atoms with E-state index in [1.54, 1.807) is 7.11 Å². The molecule has 126 valence electrons. The van der Waals surface area contributed by atoms with Crippen LogP contribution in [0.2, 0.25) is 0 Å². The van der Waals surface area contributed by atoms with Gasteiger partial charge in [-0.1, -0.05) is 23.8 Å². The second-order valence-corrected chi connectivity index (χ2v) is 7.05. The number of ether oxygens (including phenoxy) is 1. The Kier molecular flexibility index (Phi) is 3.14. The summed E-state index contributed by atoms with van der Waals surface area (Å²) in [6.07, 6.45) is 2.22. The molecule has 1 aliphatic carbocycles. The van der Waals surface area contributed by atoms with E-state index in [0.717, 1.165) is 18.6 Å². The van der Waals surface area contributed by atoms with Crippen LogP contribution in [0.4, 0.5) is 0 Å². The fourth-order valence-electron chi connectivity index (χ4n) is 4.27. The number of aromatic nitrogens is 1. The monoisotopic (exact) mass is 331 g/mol. The van der Waals surface area contributed by atoms with E-state index < -0.39 is 0 Å². The van der Waals surface area contributed by atoms with E-state index in [4.69, 9.17) is 9.84 Å². The van der Waals surface area contributed by atoms with E-state index in [1.807, 2.05) is 12.1 Å². The Balaban J connectivity index is 1.53. The molecule has 3 aromatic rings. The van der Waals surface area contributed by atoms with E-state index in [-0.39, 0.29) is 6.04 Å². The Morgan fingerprint density at radius 1 is 1.12 bits per heavy atom. The van der Waals surface area contributed by atoms with Crippen LogP contribution in [0.25, 0.3) is 10.9 Å². The van der Waals surface area contributed by atoms with Crippen LogP contribution in [-0.4, -0.2) is 17.8 Å². The maximum Gasteiger partial charge on any atom is 0.118 e. The van der Waals surface area contributed by atoms with Gasteiger partial charge in [-0.2, -0.15) is 5.10 Å². The Morgan fingerprint density at radius 3 is 2.76 bits per heavy atom. The number of hydrazone groups is 1. The molecular weight excluding hydrogens is 310 g/mol. The highest BCUT2D eigenvalue weighted by Gasteiger charge is 2.38. The Morgan fingerprint density at radius 2 is 1.96 bits per heavy atom. The number of methoxy groups -OCH3 is 1. The highest BCUT2D eigenvalue weighted by molar-refractivity contribution is 6.08. The van der Waals surface area contributed by atoms with Crippen LogP contribution in [0.3, 0.4) is 0 Å². The van der Waals surface area contributed by atoms with Gasteiger partial charge in [0.05, 0.1) is 24.6 Å². The molecule has 2 atom stereocenters. The number of hydrogen-bond donors (Lipinski definition) is 2. The Bertz CT molecular complexity index is 984. The number of rotatable bonds is 2. The molecule has 0 radical (unpaired) electrons. The van der Waals surface area contributed by atoms with Crippen molar-refractivity contribution in [2.75, 3.05) is 7.11 Å². The largest absolute Gasteiger partial charge is 0.497 e. The molecule has 4 nitrogen and oxygen atoms in total. The first kappa shape index (κ1) is 14.6. The molecule has 0 saturated heterocycles. The van der Waals surface area contributed by atoms with E-state index >= 15 is 0 Å². The van der Waals surface area contributed by atoms with Gasteiger partial charge in [-0.05, 0) is 55.2 Å². The number of nitrogens with zero attached hydrogens (tertiary/aromatic N) is 1. The first-order valence-electron chi connectivity index (χ1n) is 8.83. The van der Waals surface area contributed by atoms with Crippen molar-refractivity contribution in [3.8, 4) is 5.75 Å². The third-order valence-corrected chi connectivity index (χ3v) is 5.58. The van der Waals surface area contributed by atoms with Gasteiger partial charge in [-0.15, -0.1) is 0 Å². The average molecular weight is 331 g/mol. The normalized spacial score (nSPS) is 21.4. The number of H-pyrrole nitrogens is 1. The van der Waals surface area contributed by atoms with Gasteiger partial charge in [0.1, 0.15) is 5.75 Å². The SMILES string of the molecule is COc1ccc([C@H]2NN=C3c4[nH]c5ccc(C)cc5c4CC[C@H]32)cc1. The van der Waals surface area contributed by atoms with E-state index in [2.05, 4.69) is 47.7 Å². The van der Waals surface area contributed by atoms with Gasteiger partial charge < -0.3 is 15.1 Å². The number of nitrogens with one attached hydrogen (secondary N) is 2. The lowest BCUT2D eigenvalue weighted by molar-refractivity contribution is 0.413. The summed E-state index contributed by atoms with van der Waals surface area (Å²) in [6, 6.07) is 15.2. The molecule has 5 rings (SSSR count). The minimum absolute atomic E-state index is 0.238. The summed E-state index contributed by atoms with van der Waals surface area (Å²) in [7, 11) is 1.70. The highest BCUT2D eigenvalue weighted by atomic mass is 16.5. The van der Waals surface area contributed by atoms with Crippen molar-refractivity contribution in [3.63, 3.8) is 0 Å². The molecule has 0 spiro atoms. The predicted octanol–water partition coefficient (Wildman–Crippen LogP) is 4.10. The second-order valence-electron chi connectivity index (χ2n) is 7.05. The molecular formula is C21H21N3O. The second kappa shape index (κ2) is 5.38. The van der Waals surface area contributed by atoms with Crippen molar-refractivity contribution in [1.29, 1.82) is 0 Å². The lowest BCUT2D eigenvalue weighted by Gasteiger charge is -2.25. The summed E-state index contributed by atoms with van der Waals surface area (Å²) in [5.74, 6) is 1.30. The first-order valence-corrected chi connectivity index (χ1v) is 8.83. The topological polar surface area (TPSA) is 49.4 Å². The maximum absolute atomic E-state index is 5.27. The highest BCUT2D eigenvalue weighted by Crippen LogP contribution is 2.40. The van der Waals surface area contributed by atoms with Gasteiger partial charge in [0, 0.05) is 16.8 Å². The third-order valence-electron chi connectivity index (χ3n) is 5.58. The van der Waals surface area contributed by atoms with Gasteiger partial charge in [-0.3, -0.25) is 0 Å². The zero-order chi connectivity index (χ0) is 17.0. The van der Waals surface area contributed by atoms with Crippen molar-refractivity contribution >= 4 is 16.6 Å². The lowest BCUT2D eigenvalue weighted by atomic mass is 9.79. The van der Waals surface area contributed by atoms with Crippen molar-refractivity contribution in [2.45, 2.75) is 25.8 Å². The van der Waals surface area contributed by atoms with Crippen LogP contribution in [0, 0.1) is 12.8 Å². The molecule has 1 aromatic heterocycles. The minimum Gasteiger partial charge on any atom is -0.497 e. The van der Waals surface area contributed by atoms with Crippen LogP contribution in [0.1, 0.15) is 34.8 Å². The van der Waals surface area contributed by atoms with Crippen molar-refractivity contribution in [1.82, 2.24) is 10.4 Å². The number of hydrogen-bond acceptors (Lipinski definition) is 3. The van der Waals surface area contributed by atoms with Crippen molar-refractivity contribution in [2.24, 2.45) is 11.0 Å². The van der Waals surface area contributed by atoms with Gasteiger partial charge >= 0.3 is 0 Å². The molecule has 2 aromatic carbocycles. The average Bonchev–Trinajstić information content (AvgIpc) is 3.22. The van der Waals surface area contributed by atoms with Crippen LogP contribution in [-0.2, 0) is 6.42 Å². The van der Waals surface area contributed by atoms with Gasteiger partial charge in [0.25, 0.3) is 0 Å². The van der Waals surface area contributed by atoms with E-state index in [9.17, 15) is 0 Å². The summed E-state index contributed by atoms with van der Waals surface area (Å²) in [6.45, 7) is 2.15. The molecule has 0 bridgehead atoms. The molecule has 0 unspecified atom stereocenters. The zero-order valence-corrected chi connectivity index (χ0v) is 14.5. The van der Waals surface area contributed by atoms with Crippen molar-refractivity contribution in [3.05, 3.63) is 64.8 Å². The zero-order valence-electron chi connectivity index (χ0n) is 14.5. The molecule has 0 saturated carbocycles. The van der Waals surface area contributed by atoms with Gasteiger partial charge in [-0.25, -0.2) is 0 Å². The number of benzene rings is 2. The lowest BCUT2D eigenvalue weighted by Crippen LogP contribution is -2.26.